The third-order valence-electron chi connectivity index (χ3n) is 4.78. The SMILES string of the molecule is O=C(CN(Cc1ccco1)Cc1cccs1)N(Cc1ccccc1)C1CC1. The molecular formula is C22H24N2O2S. The van der Waals surface area contributed by atoms with E-state index in [4.69, 9.17) is 4.42 Å². The molecule has 5 heteroatoms. The first-order chi connectivity index (χ1) is 13.3. The van der Waals surface area contributed by atoms with E-state index in [2.05, 4.69) is 39.4 Å². The lowest BCUT2D eigenvalue weighted by Gasteiger charge is -2.27. The van der Waals surface area contributed by atoms with Crippen LogP contribution in [0.2, 0.25) is 0 Å². The Morgan fingerprint density at radius 3 is 2.52 bits per heavy atom. The fourth-order valence-electron chi connectivity index (χ4n) is 3.28. The highest BCUT2D eigenvalue weighted by molar-refractivity contribution is 7.09. The highest BCUT2D eigenvalue weighted by atomic mass is 32.1. The third kappa shape index (κ3) is 5.08. The Balaban J connectivity index is 1.45. The molecule has 0 radical (unpaired) electrons. The van der Waals surface area contributed by atoms with Crippen molar-refractivity contribution in [2.45, 2.75) is 38.5 Å². The summed E-state index contributed by atoms with van der Waals surface area (Å²) >= 11 is 1.72. The van der Waals surface area contributed by atoms with Gasteiger partial charge >= 0.3 is 0 Å². The number of rotatable bonds is 9. The van der Waals surface area contributed by atoms with Crippen LogP contribution in [0, 0.1) is 0 Å². The van der Waals surface area contributed by atoms with Crippen LogP contribution in [-0.2, 0) is 24.4 Å². The van der Waals surface area contributed by atoms with Crippen LogP contribution in [-0.4, -0.2) is 28.3 Å². The number of hydrogen-bond acceptors (Lipinski definition) is 4. The minimum Gasteiger partial charge on any atom is -0.468 e. The number of carbonyl (C=O) groups is 1. The number of furan rings is 1. The summed E-state index contributed by atoms with van der Waals surface area (Å²) in [6.45, 7) is 2.49. The van der Waals surface area contributed by atoms with Crippen molar-refractivity contribution < 1.29 is 9.21 Å². The summed E-state index contributed by atoms with van der Waals surface area (Å²) < 4.78 is 5.52. The average molecular weight is 381 g/mol. The topological polar surface area (TPSA) is 36.7 Å². The number of amides is 1. The zero-order valence-corrected chi connectivity index (χ0v) is 16.1. The van der Waals surface area contributed by atoms with Crippen LogP contribution in [0.25, 0.3) is 0 Å². The minimum absolute atomic E-state index is 0.199. The van der Waals surface area contributed by atoms with Crippen molar-refractivity contribution in [3.8, 4) is 0 Å². The van der Waals surface area contributed by atoms with Crippen molar-refractivity contribution in [3.05, 3.63) is 82.4 Å². The van der Waals surface area contributed by atoms with Crippen LogP contribution >= 0.6 is 11.3 Å². The summed E-state index contributed by atoms with van der Waals surface area (Å²) in [5.41, 5.74) is 1.19. The molecular weight excluding hydrogens is 356 g/mol. The molecule has 1 fully saturated rings. The van der Waals surface area contributed by atoms with Gasteiger partial charge in [-0.25, -0.2) is 0 Å². The van der Waals surface area contributed by atoms with Crippen molar-refractivity contribution in [1.29, 1.82) is 0 Å². The molecule has 1 aliphatic rings. The standard InChI is InChI=1S/C22H24N2O2S/c25-22(24(19-10-11-19)14-18-6-2-1-3-7-18)17-23(15-20-8-4-12-26-20)16-21-9-5-13-27-21/h1-9,12-13,19H,10-11,14-17H2. The first-order valence-electron chi connectivity index (χ1n) is 9.38. The number of benzene rings is 1. The van der Waals surface area contributed by atoms with Crippen LogP contribution < -0.4 is 0 Å². The lowest BCUT2D eigenvalue weighted by atomic mass is 10.2. The Kier molecular flexibility index (Phi) is 5.70. The predicted octanol–water partition coefficient (Wildman–Crippen LogP) is 4.53. The van der Waals surface area contributed by atoms with Crippen molar-refractivity contribution in [3.63, 3.8) is 0 Å². The van der Waals surface area contributed by atoms with Crippen molar-refractivity contribution in [2.75, 3.05) is 6.54 Å². The quantitative estimate of drug-likeness (QED) is 0.547. The molecule has 1 saturated carbocycles. The van der Waals surface area contributed by atoms with Gasteiger partial charge in [-0.15, -0.1) is 11.3 Å². The summed E-state index contributed by atoms with van der Waals surface area (Å²) in [6, 6.07) is 18.7. The van der Waals surface area contributed by atoms with Gasteiger partial charge in [-0.1, -0.05) is 36.4 Å². The smallest absolute Gasteiger partial charge is 0.237 e. The number of carbonyl (C=O) groups excluding carboxylic acids is 1. The van der Waals surface area contributed by atoms with E-state index in [1.54, 1.807) is 17.6 Å². The van der Waals surface area contributed by atoms with Gasteiger partial charge in [0, 0.05) is 24.0 Å². The summed E-state index contributed by atoms with van der Waals surface area (Å²) in [4.78, 5) is 18.6. The molecule has 4 rings (SSSR count). The summed E-state index contributed by atoms with van der Waals surface area (Å²) in [5.74, 6) is 1.09. The van der Waals surface area contributed by atoms with Crippen LogP contribution in [0.15, 0.2) is 70.7 Å². The van der Waals surface area contributed by atoms with Crippen molar-refractivity contribution >= 4 is 17.2 Å². The molecule has 2 heterocycles. The Hall–Kier alpha value is -2.37. The molecule has 0 unspecified atom stereocenters. The van der Waals surface area contributed by atoms with E-state index in [0.717, 1.165) is 25.1 Å². The molecule has 1 aliphatic carbocycles. The fourth-order valence-corrected chi connectivity index (χ4v) is 4.03. The maximum atomic E-state index is 13.2. The highest BCUT2D eigenvalue weighted by Gasteiger charge is 2.33. The Labute approximate surface area is 164 Å². The Bertz CT molecular complexity index is 790. The van der Waals surface area contributed by atoms with E-state index in [-0.39, 0.29) is 5.91 Å². The molecule has 0 spiro atoms. The lowest BCUT2D eigenvalue weighted by molar-refractivity contribution is -0.134. The van der Waals surface area contributed by atoms with Gasteiger partial charge in [0.05, 0.1) is 19.4 Å². The molecule has 0 aliphatic heterocycles. The van der Waals surface area contributed by atoms with Crippen molar-refractivity contribution in [2.24, 2.45) is 0 Å². The number of thiophene rings is 1. The molecule has 0 atom stereocenters. The predicted molar refractivity (Wildman–Crippen MR) is 107 cm³/mol. The summed E-state index contributed by atoms with van der Waals surface area (Å²) in [5, 5.41) is 2.08. The Morgan fingerprint density at radius 1 is 1.00 bits per heavy atom. The molecule has 0 bridgehead atoms. The second-order valence-corrected chi connectivity index (χ2v) is 8.07. The second kappa shape index (κ2) is 8.55. The monoisotopic (exact) mass is 380 g/mol. The van der Waals surface area contributed by atoms with Crippen molar-refractivity contribution in [1.82, 2.24) is 9.80 Å². The van der Waals surface area contributed by atoms with Gasteiger partial charge in [0.2, 0.25) is 5.91 Å². The van der Waals surface area contributed by atoms with Gasteiger partial charge in [0.15, 0.2) is 0 Å². The molecule has 27 heavy (non-hydrogen) atoms. The number of nitrogens with zero attached hydrogens (tertiary/aromatic N) is 2. The first kappa shape index (κ1) is 18.0. The summed E-state index contributed by atoms with van der Waals surface area (Å²) in [6.07, 6.45) is 3.91. The molecule has 140 valence electrons. The normalized spacial score (nSPS) is 13.8. The van der Waals surface area contributed by atoms with E-state index >= 15 is 0 Å². The van der Waals surface area contributed by atoms with Crippen LogP contribution in [0.3, 0.4) is 0 Å². The molecule has 0 N–H and O–H groups in total. The second-order valence-electron chi connectivity index (χ2n) is 7.04. The third-order valence-corrected chi connectivity index (χ3v) is 5.64. The fraction of sp³-hybridized carbons (Fsp3) is 0.318. The van der Waals surface area contributed by atoms with E-state index in [0.29, 0.717) is 25.7 Å². The highest BCUT2D eigenvalue weighted by Crippen LogP contribution is 2.29. The van der Waals surface area contributed by atoms with Gasteiger partial charge in [0.25, 0.3) is 0 Å². The molecule has 0 saturated heterocycles. The Morgan fingerprint density at radius 2 is 1.85 bits per heavy atom. The van der Waals surface area contributed by atoms with Gasteiger partial charge in [-0.3, -0.25) is 9.69 Å². The largest absolute Gasteiger partial charge is 0.468 e. The maximum Gasteiger partial charge on any atom is 0.237 e. The van der Waals surface area contributed by atoms with Gasteiger partial charge in [0.1, 0.15) is 5.76 Å². The number of hydrogen-bond donors (Lipinski definition) is 0. The lowest BCUT2D eigenvalue weighted by Crippen LogP contribution is -2.40. The average Bonchev–Trinajstić information content (AvgIpc) is 3.14. The maximum absolute atomic E-state index is 13.2. The zero-order valence-electron chi connectivity index (χ0n) is 15.3. The van der Waals surface area contributed by atoms with Gasteiger partial charge in [-0.05, 0) is 42.0 Å². The van der Waals surface area contributed by atoms with Gasteiger partial charge < -0.3 is 9.32 Å². The summed E-state index contributed by atoms with van der Waals surface area (Å²) in [7, 11) is 0. The first-order valence-corrected chi connectivity index (χ1v) is 10.3. The van der Waals surface area contributed by atoms with Crippen LogP contribution in [0.4, 0.5) is 0 Å². The molecule has 3 aromatic rings. The molecule has 1 aromatic carbocycles. The minimum atomic E-state index is 0.199. The molecule has 4 nitrogen and oxygen atoms in total. The van der Waals surface area contributed by atoms with Crippen LogP contribution in [0.5, 0.6) is 0 Å². The molecule has 1 amide bonds. The van der Waals surface area contributed by atoms with Gasteiger partial charge in [-0.2, -0.15) is 0 Å². The zero-order chi connectivity index (χ0) is 18.5. The van der Waals surface area contributed by atoms with E-state index in [1.807, 2.05) is 30.3 Å². The molecule has 2 aromatic heterocycles. The van der Waals surface area contributed by atoms with E-state index in [1.165, 1.54) is 10.4 Å². The van der Waals surface area contributed by atoms with Crippen LogP contribution in [0.1, 0.15) is 29.0 Å². The van der Waals surface area contributed by atoms with E-state index in [9.17, 15) is 4.79 Å². The van der Waals surface area contributed by atoms with E-state index < -0.39 is 0 Å².